The summed E-state index contributed by atoms with van der Waals surface area (Å²) in [4.78, 5) is 20.9. The lowest BCUT2D eigenvalue weighted by atomic mass is 10.0. The van der Waals surface area contributed by atoms with Crippen LogP contribution in [-0.4, -0.2) is 22.7 Å². The van der Waals surface area contributed by atoms with Crippen LogP contribution in [0.2, 0.25) is 0 Å². The van der Waals surface area contributed by atoms with E-state index in [1.165, 1.54) is 5.56 Å². The normalized spacial score (nSPS) is 16.3. The molecule has 2 heterocycles. The van der Waals surface area contributed by atoms with Gasteiger partial charge in [0.15, 0.2) is 0 Å². The van der Waals surface area contributed by atoms with Crippen LogP contribution in [0.1, 0.15) is 24.0 Å². The Hall–Kier alpha value is -3.08. The summed E-state index contributed by atoms with van der Waals surface area (Å²) in [6.45, 7) is 0.479. The molecule has 0 fully saturated rings. The first-order chi connectivity index (χ1) is 12.8. The second-order valence-electron chi connectivity index (χ2n) is 6.52. The predicted octanol–water partition coefficient (Wildman–Crippen LogP) is 3.56. The van der Waals surface area contributed by atoms with E-state index in [-0.39, 0.29) is 5.91 Å². The highest BCUT2D eigenvalue weighted by atomic mass is 16.6. The van der Waals surface area contributed by atoms with Crippen molar-refractivity contribution >= 4 is 22.5 Å². The molecule has 1 aliphatic rings. The summed E-state index contributed by atoms with van der Waals surface area (Å²) in [5.41, 5.74) is 4.37. The van der Waals surface area contributed by atoms with Gasteiger partial charge in [-0.1, -0.05) is 47.6 Å². The zero-order valence-corrected chi connectivity index (χ0v) is 14.4. The van der Waals surface area contributed by atoms with E-state index >= 15 is 0 Å². The molecule has 1 amide bonds. The Balaban J connectivity index is 1.28. The van der Waals surface area contributed by atoms with Crippen molar-refractivity contribution in [2.75, 3.05) is 0 Å². The van der Waals surface area contributed by atoms with Gasteiger partial charge in [0, 0.05) is 30.1 Å². The molecule has 1 aromatic heterocycles. The molecule has 0 unspecified atom stereocenters. The summed E-state index contributed by atoms with van der Waals surface area (Å²) < 4.78 is 0. The highest BCUT2D eigenvalue weighted by Gasteiger charge is 2.27. The number of aromatic amines is 1. The highest BCUT2D eigenvalue weighted by molar-refractivity contribution is 5.93. The smallest absolute Gasteiger partial charge is 0.264 e. The first kappa shape index (κ1) is 16.4. The fourth-order valence-electron chi connectivity index (χ4n) is 3.25. The minimum absolute atomic E-state index is 0.115. The van der Waals surface area contributed by atoms with Crippen LogP contribution in [0.15, 0.2) is 65.9 Å². The molecule has 0 radical (unpaired) electrons. The van der Waals surface area contributed by atoms with Gasteiger partial charge in [-0.15, -0.1) is 0 Å². The van der Waals surface area contributed by atoms with Crippen LogP contribution in [0.4, 0.5) is 0 Å². The number of fused-ring (bicyclic) bond motifs is 1. The molecule has 0 saturated heterocycles. The lowest BCUT2D eigenvalue weighted by Gasteiger charge is -2.10. The van der Waals surface area contributed by atoms with Crippen molar-refractivity contribution in [3.63, 3.8) is 0 Å². The maximum Gasteiger partial charge on any atom is 0.264 e. The van der Waals surface area contributed by atoms with Gasteiger partial charge in [0.2, 0.25) is 6.10 Å². The van der Waals surface area contributed by atoms with Crippen LogP contribution in [0.5, 0.6) is 0 Å². The standard InChI is InChI=1S/C21H21N3O2/c25-21(23-14-16-7-4-8-19-18(16)11-12-22-19)20-13-17(24-26-20)10-9-15-5-2-1-3-6-15/h1-8,11-12,20,22H,9-10,13-14H2,(H,23,25)/t20-/m0/s1. The minimum atomic E-state index is -0.522. The number of H-pyrrole nitrogens is 1. The first-order valence-corrected chi connectivity index (χ1v) is 8.88. The predicted molar refractivity (Wildman–Crippen MR) is 102 cm³/mol. The number of nitrogens with one attached hydrogen (secondary N) is 2. The van der Waals surface area contributed by atoms with Crippen molar-refractivity contribution in [2.24, 2.45) is 5.16 Å². The fourth-order valence-corrected chi connectivity index (χ4v) is 3.25. The minimum Gasteiger partial charge on any atom is -0.382 e. The number of hydrogen-bond donors (Lipinski definition) is 2. The monoisotopic (exact) mass is 347 g/mol. The molecule has 26 heavy (non-hydrogen) atoms. The number of oxime groups is 1. The molecule has 132 valence electrons. The molecule has 0 saturated carbocycles. The van der Waals surface area contributed by atoms with Crippen molar-refractivity contribution in [3.8, 4) is 0 Å². The molecule has 2 N–H and O–H groups in total. The summed E-state index contributed by atoms with van der Waals surface area (Å²) in [6, 6.07) is 18.3. The third kappa shape index (κ3) is 3.61. The van der Waals surface area contributed by atoms with Crippen molar-refractivity contribution < 1.29 is 9.63 Å². The van der Waals surface area contributed by atoms with Crippen LogP contribution in [-0.2, 0) is 22.6 Å². The van der Waals surface area contributed by atoms with Gasteiger partial charge in [-0.05, 0) is 36.1 Å². The molecule has 1 aliphatic heterocycles. The van der Waals surface area contributed by atoms with Gasteiger partial charge in [0.05, 0.1) is 5.71 Å². The van der Waals surface area contributed by atoms with Crippen molar-refractivity contribution in [1.29, 1.82) is 0 Å². The molecular weight excluding hydrogens is 326 g/mol. The molecule has 0 bridgehead atoms. The van der Waals surface area contributed by atoms with Gasteiger partial charge in [0.25, 0.3) is 5.91 Å². The van der Waals surface area contributed by atoms with Gasteiger partial charge in [-0.2, -0.15) is 0 Å². The van der Waals surface area contributed by atoms with Gasteiger partial charge in [-0.25, -0.2) is 0 Å². The maximum atomic E-state index is 12.4. The Kier molecular flexibility index (Phi) is 4.69. The Morgan fingerprint density at radius 2 is 2.00 bits per heavy atom. The average molecular weight is 347 g/mol. The second kappa shape index (κ2) is 7.44. The molecule has 5 heteroatoms. The third-order valence-electron chi connectivity index (χ3n) is 4.71. The number of benzene rings is 2. The number of rotatable bonds is 6. The Bertz CT molecular complexity index is 931. The zero-order chi connectivity index (χ0) is 17.8. The summed E-state index contributed by atoms with van der Waals surface area (Å²) >= 11 is 0. The van der Waals surface area contributed by atoms with Crippen LogP contribution in [0.25, 0.3) is 10.9 Å². The first-order valence-electron chi connectivity index (χ1n) is 8.88. The Morgan fingerprint density at radius 1 is 1.12 bits per heavy atom. The zero-order valence-electron chi connectivity index (χ0n) is 14.4. The number of carbonyl (C=O) groups is 1. The molecule has 3 aromatic rings. The van der Waals surface area contributed by atoms with Gasteiger partial charge in [0.1, 0.15) is 0 Å². The summed E-state index contributed by atoms with van der Waals surface area (Å²) in [5, 5.41) is 8.19. The van der Waals surface area contributed by atoms with Crippen LogP contribution < -0.4 is 5.32 Å². The third-order valence-corrected chi connectivity index (χ3v) is 4.71. The van der Waals surface area contributed by atoms with Crippen LogP contribution in [0, 0.1) is 0 Å². The number of aromatic nitrogens is 1. The average Bonchev–Trinajstić information content (AvgIpc) is 3.35. The summed E-state index contributed by atoms with van der Waals surface area (Å²) in [7, 11) is 0. The largest absolute Gasteiger partial charge is 0.382 e. The number of nitrogens with zero attached hydrogens (tertiary/aromatic N) is 1. The van der Waals surface area contributed by atoms with Gasteiger partial charge < -0.3 is 15.1 Å². The molecule has 5 nitrogen and oxygen atoms in total. The topological polar surface area (TPSA) is 66.5 Å². The summed E-state index contributed by atoms with van der Waals surface area (Å²) in [5.74, 6) is -0.115. The van der Waals surface area contributed by atoms with E-state index in [2.05, 4.69) is 27.6 Å². The van der Waals surface area contributed by atoms with E-state index in [4.69, 9.17) is 4.84 Å². The quantitative estimate of drug-likeness (QED) is 0.716. The van der Waals surface area contributed by atoms with E-state index in [0.717, 1.165) is 35.0 Å². The number of amides is 1. The number of carbonyl (C=O) groups excluding carboxylic acids is 1. The number of aryl methyl sites for hydroxylation is 1. The van der Waals surface area contributed by atoms with Crippen molar-refractivity contribution in [1.82, 2.24) is 10.3 Å². The molecule has 0 aliphatic carbocycles. The van der Waals surface area contributed by atoms with Crippen molar-refractivity contribution in [2.45, 2.75) is 31.9 Å². The lowest BCUT2D eigenvalue weighted by molar-refractivity contribution is -0.131. The molecule has 1 atom stereocenters. The molecular formula is C21H21N3O2. The molecule has 0 spiro atoms. The SMILES string of the molecule is O=C(NCc1cccc2[nH]ccc12)[C@@H]1CC(CCc2ccccc2)=NO1. The molecule has 2 aromatic carbocycles. The van der Waals surface area contributed by atoms with E-state index < -0.39 is 6.10 Å². The van der Waals surface area contributed by atoms with Crippen molar-refractivity contribution in [3.05, 3.63) is 71.9 Å². The van der Waals surface area contributed by atoms with Gasteiger partial charge in [-0.3, -0.25) is 4.79 Å². The van der Waals surface area contributed by atoms with E-state index in [1.807, 2.05) is 48.7 Å². The maximum absolute atomic E-state index is 12.4. The second-order valence-corrected chi connectivity index (χ2v) is 6.52. The number of hydrogen-bond acceptors (Lipinski definition) is 3. The van der Waals surface area contributed by atoms with E-state index in [9.17, 15) is 4.79 Å². The van der Waals surface area contributed by atoms with E-state index in [1.54, 1.807) is 0 Å². The van der Waals surface area contributed by atoms with Gasteiger partial charge >= 0.3 is 0 Å². The fraction of sp³-hybridized carbons (Fsp3) is 0.238. The lowest BCUT2D eigenvalue weighted by Crippen LogP contribution is -2.34. The Labute approximate surface area is 152 Å². The van der Waals surface area contributed by atoms with E-state index in [0.29, 0.717) is 13.0 Å². The van der Waals surface area contributed by atoms with Crippen LogP contribution >= 0.6 is 0 Å². The summed E-state index contributed by atoms with van der Waals surface area (Å²) in [6.07, 6.45) is 3.67. The molecule has 4 rings (SSSR count). The Morgan fingerprint density at radius 3 is 2.88 bits per heavy atom. The highest BCUT2D eigenvalue weighted by Crippen LogP contribution is 2.18. The van der Waals surface area contributed by atoms with Crippen LogP contribution in [0.3, 0.4) is 0 Å².